The summed E-state index contributed by atoms with van der Waals surface area (Å²) in [6.07, 6.45) is 0.297. The molecule has 0 aliphatic rings. The number of esters is 1. The van der Waals surface area contributed by atoms with Gasteiger partial charge in [0.1, 0.15) is 5.82 Å². The molecule has 3 nitrogen and oxygen atoms in total. The molecule has 0 amide bonds. The van der Waals surface area contributed by atoms with E-state index in [4.69, 9.17) is 0 Å². The molecule has 1 aromatic carbocycles. The van der Waals surface area contributed by atoms with Gasteiger partial charge in [0.25, 0.3) is 0 Å². The maximum atomic E-state index is 13.7. The fourth-order valence-electron chi connectivity index (χ4n) is 1.88. The Morgan fingerprint density at radius 3 is 2.56 bits per heavy atom. The zero-order valence-corrected chi connectivity index (χ0v) is 11.3. The molecule has 0 fully saturated rings. The quantitative estimate of drug-likeness (QED) is 0.756. The van der Waals surface area contributed by atoms with E-state index in [0.29, 0.717) is 12.0 Å². The second-order valence-corrected chi connectivity index (χ2v) is 4.49. The summed E-state index contributed by atoms with van der Waals surface area (Å²) in [5, 5.41) is 0. The maximum absolute atomic E-state index is 13.7. The highest BCUT2D eigenvalue weighted by molar-refractivity contribution is 5.69. The summed E-state index contributed by atoms with van der Waals surface area (Å²) < 4.78 is 18.3. The number of hydrogen-bond donors (Lipinski definition) is 0. The number of nitrogens with zero attached hydrogens (tertiary/aromatic N) is 1. The van der Waals surface area contributed by atoms with Crippen LogP contribution in [0.2, 0.25) is 0 Å². The molecule has 0 saturated carbocycles. The summed E-state index contributed by atoms with van der Waals surface area (Å²) in [5.74, 6) is -0.475. The van der Waals surface area contributed by atoms with Gasteiger partial charge in [-0.15, -0.1) is 0 Å². The molecule has 100 valence electrons. The van der Waals surface area contributed by atoms with Gasteiger partial charge in [0.05, 0.1) is 13.5 Å². The number of halogens is 1. The van der Waals surface area contributed by atoms with Crippen LogP contribution in [0.15, 0.2) is 24.3 Å². The van der Waals surface area contributed by atoms with Gasteiger partial charge in [-0.05, 0) is 27.0 Å². The molecule has 0 spiro atoms. The Morgan fingerprint density at radius 2 is 2.00 bits per heavy atom. The highest BCUT2D eigenvalue weighted by atomic mass is 19.1. The summed E-state index contributed by atoms with van der Waals surface area (Å²) in [7, 11) is 3.25. The summed E-state index contributed by atoms with van der Waals surface area (Å²) in [6, 6.07) is 6.60. The van der Waals surface area contributed by atoms with Crippen LogP contribution >= 0.6 is 0 Å². The van der Waals surface area contributed by atoms with Crippen molar-refractivity contribution in [2.24, 2.45) is 0 Å². The van der Waals surface area contributed by atoms with Crippen molar-refractivity contribution in [2.45, 2.75) is 32.4 Å². The van der Waals surface area contributed by atoms with Crippen LogP contribution in [0.25, 0.3) is 0 Å². The van der Waals surface area contributed by atoms with E-state index < -0.39 is 0 Å². The zero-order chi connectivity index (χ0) is 13.7. The first kappa shape index (κ1) is 14.6. The Hall–Kier alpha value is -1.42. The van der Waals surface area contributed by atoms with Gasteiger partial charge < -0.3 is 4.74 Å². The van der Waals surface area contributed by atoms with Crippen molar-refractivity contribution in [1.82, 2.24) is 4.90 Å². The normalized spacial score (nSPS) is 14.3. The molecule has 0 bridgehead atoms. The molecule has 2 atom stereocenters. The lowest BCUT2D eigenvalue weighted by molar-refractivity contribution is -0.141. The average Bonchev–Trinajstić information content (AvgIpc) is 2.37. The predicted molar refractivity (Wildman–Crippen MR) is 68.7 cm³/mol. The van der Waals surface area contributed by atoms with E-state index in [1.165, 1.54) is 13.2 Å². The molecular formula is C14H20FNO2. The lowest BCUT2D eigenvalue weighted by Crippen LogP contribution is -2.34. The zero-order valence-electron chi connectivity index (χ0n) is 11.3. The van der Waals surface area contributed by atoms with E-state index in [1.54, 1.807) is 12.1 Å². The van der Waals surface area contributed by atoms with Crippen LogP contribution in [0.1, 0.15) is 31.9 Å². The van der Waals surface area contributed by atoms with Gasteiger partial charge in [-0.25, -0.2) is 4.39 Å². The minimum atomic E-state index is -0.255. The number of rotatable bonds is 5. The van der Waals surface area contributed by atoms with Crippen molar-refractivity contribution < 1.29 is 13.9 Å². The molecule has 0 heterocycles. The molecule has 1 rings (SSSR count). The van der Waals surface area contributed by atoms with Crippen molar-refractivity contribution in [3.05, 3.63) is 35.6 Å². The molecule has 0 aromatic heterocycles. The van der Waals surface area contributed by atoms with Gasteiger partial charge in [0, 0.05) is 17.6 Å². The first-order valence-corrected chi connectivity index (χ1v) is 6.00. The van der Waals surface area contributed by atoms with Crippen molar-refractivity contribution in [3.8, 4) is 0 Å². The van der Waals surface area contributed by atoms with Crippen LogP contribution in [-0.4, -0.2) is 31.1 Å². The molecular weight excluding hydrogens is 233 g/mol. The van der Waals surface area contributed by atoms with E-state index in [-0.39, 0.29) is 23.9 Å². The van der Waals surface area contributed by atoms with Crippen LogP contribution in [0.3, 0.4) is 0 Å². The van der Waals surface area contributed by atoms with Gasteiger partial charge >= 0.3 is 5.97 Å². The van der Waals surface area contributed by atoms with Gasteiger partial charge in [-0.2, -0.15) is 0 Å². The Labute approximate surface area is 108 Å². The molecule has 0 radical (unpaired) electrons. The van der Waals surface area contributed by atoms with Crippen molar-refractivity contribution >= 4 is 5.97 Å². The van der Waals surface area contributed by atoms with E-state index in [0.717, 1.165) is 0 Å². The molecule has 4 heteroatoms. The molecule has 0 saturated heterocycles. The summed E-state index contributed by atoms with van der Waals surface area (Å²) >= 11 is 0. The van der Waals surface area contributed by atoms with Crippen molar-refractivity contribution in [1.29, 1.82) is 0 Å². The number of methoxy groups -OCH3 is 1. The maximum Gasteiger partial charge on any atom is 0.307 e. The van der Waals surface area contributed by atoms with Gasteiger partial charge in [0.2, 0.25) is 0 Å². The van der Waals surface area contributed by atoms with Crippen LogP contribution in [0, 0.1) is 5.82 Å². The minimum absolute atomic E-state index is 0.00736. The van der Waals surface area contributed by atoms with E-state index in [1.807, 2.05) is 31.9 Å². The largest absolute Gasteiger partial charge is 0.469 e. The van der Waals surface area contributed by atoms with Gasteiger partial charge in [0.15, 0.2) is 0 Å². The van der Waals surface area contributed by atoms with E-state index in [2.05, 4.69) is 4.74 Å². The highest BCUT2D eigenvalue weighted by Crippen LogP contribution is 2.24. The third-order valence-corrected chi connectivity index (χ3v) is 3.35. The third-order valence-electron chi connectivity index (χ3n) is 3.35. The summed E-state index contributed by atoms with van der Waals surface area (Å²) in [6.45, 7) is 3.85. The van der Waals surface area contributed by atoms with Crippen LogP contribution in [-0.2, 0) is 9.53 Å². The van der Waals surface area contributed by atoms with E-state index in [9.17, 15) is 9.18 Å². The number of carbonyl (C=O) groups is 1. The number of hydrogen-bond acceptors (Lipinski definition) is 3. The monoisotopic (exact) mass is 253 g/mol. The molecule has 2 unspecified atom stereocenters. The fourth-order valence-corrected chi connectivity index (χ4v) is 1.88. The fraction of sp³-hybridized carbons (Fsp3) is 0.500. The van der Waals surface area contributed by atoms with Gasteiger partial charge in [-0.3, -0.25) is 9.69 Å². The first-order chi connectivity index (χ1) is 8.47. The molecule has 18 heavy (non-hydrogen) atoms. The third kappa shape index (κ3) is 3.53. The highest BCUT2D eigenvalue weighted by Gasteiger charge is 2.21. The smallest absolute Gasteiger partial charge is 0.307 e. The van der Waals surface area contributed by atoms with Gasteiger partial charge in [-0.1, -0.05) is 18.2 Å². The SMILES string of the molecule is COC(=O)CC(C)N(C)C(C)c1ccccc1F. The molecule has 0 aliphatic heterocycles. The van der Waals surface area contributed by atoms with Crippen LogP contribution in [0.5, 0.6) is 0 Å². The lowest BCUT2D eigenvalue weighted by Gasteiger charge is -2.30. The molecule has 0 aliphatic carbocycles. The lowest BCUT2D eigenvalue weighted by atomic mass is 10.0. The minimum Gasteiger partial charge on any atom is -0.469 e. The molecule has 1 aromatic rings. The van der Waals surface area contributed by atoms with Crippen molar-refractivity contribution in [3.63, 3.8) is 0 Å². The number of carbonyl (C=O) groups excluding carboxylic acids is 1. The second-order valence-electron chi connectivity index (χ2n) is 4.49. The summed E-state index contributed by atoms with van der Waals surface area (Å²) in [5.41, 5.74) is 0.636. The Morgan fingerprint density at radius 1 is 1.39 bits per heavy atom. The topological polar surface area (TPSA) is 29.5 Å². The van der Waals surface area contributed by atoms with Crippen molar-refractivity contribution in [2.75, 3.05) is 14.2 Å². The van der Waals surface area contributed by atoms with Crippen LogP contribution in [0.4, 0.5) is 4.39 Å². The Kier molecular flexibility index (Phi) is 5.28. The Balaban J connectivity index is 2.75. The first-order valence-electron chi connectivity index (χ1n) is 6.00. The number of benzene rings is 1. The average molecular weight is 253 g/mol. The standard InChI is InChI=1S/C14H20FNO2/c1-10(9-14(17)18-4)16(3)11(2)12-7-5-6-8-13(12)15/h5-8,10-11H,9H2,1-4H3. The molecule has 0 N–H and O–H groups in total. The Bertz CT molecular complexity index is 409. The summed E-state index contributed by atoms with van der Waals surface area (Å²) in [4.78, 5) is 13.2. The predicted octanol–water partition coefficient (Wildman–Crippen LogP) is 2.77. The van der Waals surface area contributed by atoms with E-state index >= 15 is 0 Å². The number of ether oxygens (including phenoxy) is 1. The van der Waals surface area contributed by atoms with Crippen LogP contribution < -0.4 is 0 Å². The second kappa shape index (κ2) is 6.50.